The fourth-order valence-corrected chi connectivity index (χ4v) is 2.23. The molecular formula is C14H12O3. The van der Waals surface area contributed by atoms with E-state index in [0.29, 0.717) is 16.7 Å². The van der Waals surface area contributed by atoms with Crippen molar-refractivity contribution in [1.29, 1.82) is 0 Å². The summed E-state index contributed by atoms with van der Waals surface area (Å²) in [5.41, 5.74) is 2.29. The van der Waals surface area contributed by atoms with Gasteiger partial charge in [-0.25, -0.2) is 0 Å². The largest absolute Gasteiger partial charge is 0.461 e. The predicted octanol–water partition coefficient (Wildman–Crippen LogP) is 3.46. The molecule has 2 aromatic heterocycles. The number of aryl methyl sites for hydroxylation is 3. The Morgan fingerprint density at radius 3 is 2.29 bits per heavy atom. The predicted molar refractivity (Wildman–Crippen MR) is 66.5 cm³/mol. The molecule has 0 radical (unpaired) electrons. The average Bonchev–Trinajstić information content (AvgIpc) is 2.62. The topological polar surface area (TPSA) is 43.4 Å². The van der Waals surface area contributed by atoms with Gasteiger partial charge in [0, 0.05) is 17.0 Å². The van der Waals surface area contributed by atoms with Gasteiger partial charge >= 0.3 is 0 Å². The molecule has 0 N–H and O–H groups in total. The smallest absolute Gasteiger partial charge is 0.192 e. The zero-order valence-electron chi connectivity index (χ0n) is 9.96. The quantitative estimate of drug-likeness (QED) is 0.591. The van der Waals surface area contributed by atoms with Gasteiger partial charge in [0.15, 0.2) is 5.43 Å². The van der Waals surface area contributed by atoms with E-state index >= 15 is 0 Å². The molecule has 0 fully saturated rings. The molecule has 3 heteroatoms. The first kappa shape index (κ1) is 10.1. The monoisotopic (exact) mass is 228 g/mol. The van der Waals surface area contributed by atoms with Crippen molar-refractivity contribution in [3.63, 3.8) is 0 Å². The molecular weight excluding hydrogens is 216 g/mol. The molecule has 0 atom stereocenters. The molecule has 1 aromatic carbocycles. The van der Waals surface area contributed by atoms with Crippen LogP contribution in [0.4, 0.5) is 0 Å². The lowest BCUT2D eigenvalue weighted by atomic mass is 10.1. The molecule has 3 aromatic rings. The minimum absolute atomic E-state index is 0.00685. The third-order valence-electron chi connectivity index (χ3n) is 2.97. The van der Waals surface area contributed by atoms with Crippen molar-refractivity contribution < 1.29 is 8.83 Å². The molecule has 0 unspecified atom stereocenters. The van der Waals surface area contributed by atoms with Crippen molar-refractivity contribution in [3.05, 3.63) is 45.5 Å². The fraction of sp³-hybridized carbons (Fsp3) is 0.214. The van der Waals surface area contributed by atoms with Gasteiger partial charge in [0.1, 0.15) is 22.7 Å². The minimum Gasteiger partial charge on any atom is -0.461 e. The lowest BCUT2D eigenvalue weighted by Crippen LogP contribution is -2.01. The van der Waals surface area contributed by atoms with Crippen LogP contribution in [-0.4, -0.2) is 0 Å². The summed E-state index contributed by atoms with van der Waals surface area (Å²) in [5.74, 6) is 1.45. The Labute approximate surface area is 97.7 Å². The van der Waals surface area contributed by atoms with E-state index in [0.717, 1.165) is 22.3 Å². The summed E-state index contributed by atoms with van der Waals surface area (Å²) in [6.45, 7) is 5.58. The van der Waals surface area contributed by atoms with Gasteiger partial charge < -0.3 is 8.83 Å². The van der Waals surface area contributed by atoms with Gasteiger partial charge in [-0.2, -0.15) is 0 Å². The van der Waals surface area contributed by atoms with Crippen LogP contribution >= 0.6 is 0 Å². The van der Waals surface area contributed by atoms with E-state index < -0.39 is 0 Å². The molecule has 0 saturated carbocycles. The Hall–Kier alpha value is -2.03. The highest BCUT2D eigenvalue weighted by Crippen LogP contribution is 2.28. The fourth-order valence-electron chi connectivity index (χ4n) is 2.23. The van der Waals surface area contributed by atoms with Gasteiger partial charge in [0.2, 0.25) is 0 Å². The zero-order chi connectivity index (χ0) is 12.2. The molecule has 3 nitrogen and oxygen atoms in total. The number of hydrogen-bond donors (Lipinski definition) is 0. The molecule has 0 amide bonds. The van der Waals surface area contributed by atoms with Crippen molar-refractivity contribution >= 4 is 21.9 Å². The van der Waals surface area contributed by atoms with Crippen molar-refractivity contribution in [2.45, 2.75) is 20.8 Å². The minimum atomic E-state index is -0.00685. The molecule has 0 aliphatic carbocycles. The maximum atomic E-state index is 11.9. The van der Waals surface area contributed by atoms with Crippen molar-refractivity contribution in [2.24, 2.45) is 0 Å². The standard InChI is InChI=1S/C14H12O3/c1-7-4-10-6-11-12(15)5-8(2)17-14(11)9(3)13(10)16-7/h4-6H,1-3H3. The van der Waals surface area contributed by atoms with Gasteiger partial charge in [-0.3, -0.25) is 4.79 Å². The highest BCUT2D eigenvalue weighted by Gasteiger charge is 2.12. The highest BCUT2D eigenvalue weighted by molar-refractivity contribution is 5.96. The van der Waals surface area contributed by atoms with Crippen LogP contribution in [0.25, 0.3) is 21.9 Å². The molecule has 0 saturated heterocycles. The molecule has 86 valence electrons. The Morgan fingerprint density at radius 1 is 0.882 bits per heavy atom. The summed E-state index contributed by atoms with van der Waals surface area (Å²) >= 11 is 0. The van der Waals surface area contributed by atoms with E-state index in [1.165, 1.54) is 6.07 Å². The molecule has 0 bridgehead atoms. The lowest BCUT2D eigenvalue weighted by Gasteiger charge is -2.02. The van der Waals surface area contributed by atoms with E-state index in [9.17, 15) is 4.79 Å². The van der Waals surface area contributed by atoms with Crippen LogP contribution in [-0.2, 0) is 0 Å². The van der Waals surface area contributed by atoms with E-state index in [4.69, 9.17) is 8.83 Å². The van der Waals surface area contributed by atoms with E-state index in [1.54, 1.807) is 6.92 Å². The maximum absolute atomic E-state index is 11.9. The van der Waals surface area contributed by atoms with E-state index in [2.05, 4.69) is 0 Å². The number of fused-ring (bicyclic) bond motifs is 2. The third-order valence-corrected chi connectivity index (χ3v) is 2.97. The lowest BCUT2D eigenvalue weighted by molar-refractivity contribution is 0.555. The van der Waals surface area contributed by atoms with Gasteiger partial charge in [0.25, 0.3) is 0 Å². The van der Waals surface area contributed by atoms with E-state index in [1.807, 2.05) is 26.0 Å². The van der Waals surface area contributed by atoms with E-state index in [-0.39, 0.29) is 5.43 Å². The molecule has 0 aliphatic heterocycles. The van der Waals surface area contributed by atoms with Crippen LogP contribution in [0.2, 0.25) is 0 Å². The second-order valence-electron chi connectivity index (χ2n) is 4.37. The van der Waals surface area contributed by atoms with Gasteiger partial charge in [-0.15, -0.1) is 0 Å². The van der Waals surface area contributed by atoms with Crippen LogP contribution in [0.5, 0.6) is 0 Å². The SMILES string of the molecule is Cc1cc2cc3c(=O)cc(C)oc3c(C)c2o1. The highest BCUT2D eigenvalue weighted by atomic mass is 16.3. The summed E-state index contributed by atoms with van der Waals surface area (Å²) in [5, 5.41) is 1.56. The van der Waals surface area contributed by atoms with Crippen LogP contribution in [0.3, 0.4) is 0 Å². The molecule has 3 rings (SSSR count). The molecule has 17 heavy (non-hydrogen) atoms. The van der Waals surface area contributed by atoms with Crippen molar-refractivity contribution in [2.75, 3.05) is 0 Å². The van der Waals surface area contributed by atoms with Crippen molar-refractivity contribution in [1.82, 2.24) is 0 Å². The van der Waals surface area contributed by atoms with Crippen LogP contribution in [0.1, 0.15) is 17.1 Å². The Kier molecular flexibility index (Phi) is 1.93. The number of hydrogen-bond acceptors (Lipinski definition) is 3. The first-order valence-corrected chi connectivity index (χ1v) is 5.50. The normalized spacial score (nSPS) is 11.5. The Balaban J connectivity index is 2.63. The first-order chi connectivity index (χ1) is 8.06. The van der Waals surface area contributed by atoms with Crippen LogP contribution in [0.15, 0.2) is 31.8 Å². The van der Waals surface area contributed by atoms with Gasteiger partial charge in [-0.05, 0) is 32.9 Å². The summed E-state index contributed by atoms with van der Waals surface area (Å²) < 4.78 is 11.3. The Bertz CT molecular complexity index is 790. The molecule has 0 aliphatic rings. The summed E-state index contributed by atoms with van der Waals surface area (Å²) in [7, 11) is 0. The number of benzene rings is 1. The second-order valence-corrected chi connectivity index (χ2v) is 4.37. The number of rotatable bonds is 0. The first-order valence-electron chi connectivity index (χ1n) is 5.50. The number of furan rings is 1. The zero-order valence-corrected chi connectivity index (χ0v) is 9.96. The third kappa shape index (κ3) is 1.39. The van der Waals surface area contributed by atoms with Crippen molar-refractivity contribution in [3.8, 4) is 0 Å². The average molecular weight is 228 g/mol. The van der Waals surface area contributed by atoms with Gasteiger partial charge in [0.05, 0.1) is 5.39 Å². The summed E-state index contributed by atoms with van der Waals surface area (Å²) in [4.78, 5) is 11.9. The molecule has 0 spiro atoms. The summed E-state index contributed by atoms with van der Waals surface area (Å²) in [6.07, 6.45) is 0. The summed E-state index contributed by atoms with van der Waals surface area (Å²) in [6, 6.07) is 5.28. The Morgan fingerprint density at radius 2 is 1.53 bits per heavy atom. The maximum Gasteiger partial charge on any atom is 0.192 e. The van der Waals surface area contributed by atoms with Gasteiger partial charge in [-0.1, -0.05) is 0 Å². The second kappa shape index (κ2) is 3.23. The van der Waals surface area contributed by atoms with Crippen LogP contribution in [0, 0.1) is 20.8 Å². The van der Waals surface area contributed by atoms with Crippen LogP contribution < -0.4 is 5.43 Å². The molecule has 2 heterocycles.